The molecular formula is C25H25FS. The normalized spacial score (nSPS) is 18.0. The van der Waals surface area contributed by atoms with E-state index in [9.17, 15) is 4.39 Å². The van der Waals surface area contributed by atoms with Gasteiger partial charge in [0.05, 0.1) is 0 Å². The zero-order valence-corrected chi connectivity index (χ0v) is 16.4. The van der Waals surface area contributed by atoms with E-state index in [1.807, 2.05) is 6.07 Å². The van der Waals surface area contributed by atoms with E-state index in [-0.39, 0.29) is 5.82 Å². The van der Waals surface area contributed by atoms with Crippen LogP contribution >= 0.6 is 11.3 Å². The summed E-state index contributed by atoms with van der Waals surface area (Å²) in [5.41, 5.74) is 4.24. The fraction of sp³-hybridized carbons (Fsp3) is 0.360. The number of benzene rings is 2. The van der Waals surface area contributed by atoms with Crippen molar-refractivity contribution in [1.29, 1.82) is 0 Å². The second kappa shape index (κ2) is 7.24. The van der Waals surface area contributed by atoms with Gasteiger partial charge in [0.1, 0.15) is 5.82 Å². The minimum Gasteiger partial charge on any atom is -0.206 e. The second-order valence-corrected chi connectivity index (χ2v) is 9.24. The summed E-state index contributed by atoms with van der Waals surface area (Å²) in [6, 6.07) is 18.8. The molecule has 2 saturated carbocycles. The van der Waals surface area contributed by atoms with Gasteiger partial charge >= 0.3 is 0 Å². The number of hydrogen-bond acceptors (Lipinski definition) is 1. The fourth-order valence-corrected chi connectivity index (χ4v) is 5.72. The van der Waals surface area contributed by atoms with Gasteiger partial charge < -0.3 is 0 Å². The minimum atomic E-state index is -0.116. The molecule has 0 radical (unpaired) electrons. The summed E-state index contributed by atoms with van der Waals surface area (Å²) in [5.74, 6) is 1.32. The highest BCUT2D eigenvalue weighted by atomic mass is 32.1. The molecule has 2 fully saturated rings. The highest BCUT2D eigenvalue weighted by molar-refractivity contribution is 7.15. The smallest absolute Gasteiger partial charge is 0.132 e. The first-order valence-corrected chi connectivity index (χ1v) is 11.1. The topological polar surface area (TPSA) is 0 Å². The monoisotopic (exact) mass is 376 g/mol. The van der Waals surface area contributed by atoms with Crippen LogP contribution in [0.3, 0.4) is 0 Å². The number of thiophene rings is 1. The maximum absolute atomic E-state index is 14.9. The summed E-state index contributed by atoms with van der Waals surface area (Å²) in [7, 11) is 0. The van der Waals surface area contributed by atoms with Crippen molar-refractivity contribution in [1.82, 2.24) is 0 Å². The number of halogens is 1. The Morgan fingerprint density at radius 2 is 1.41 bits per heavy atom. The van der Waals surface area contributed by atoms with Crippen LogP contribution in [-0.4, -0.2) is 0 Å². The van der Waals surface area contributed by atoms with Crippen LogP contribution in [0.25, 0.3) is 21.6 Å². The molecule has 2 heteroatoms. The summed E-state index contributed by atoms with van der Waals surface area (Å²) in [6.45, 7) is 0. The van der Waals surface area contributed by atoms with Crippen LogP contribution in [0.15, 0.2) is 54.6 Å². The van der Waals surface area contributed by atoms with E-state index >= 15 is 0 Å². The van der Waals surface area contributed by atoms with Crippen molar-refractivity contribution in [3.8, 4) is 21.6 Å². The van der Waals surface area contributed by atoms with Gasteiger partial charge in [0.2, 0.25) is 0 Å². The van der Waals surface area contributed by atoms with Gasteiger partial charge in [-0.2, -0.15) is 0 Å². The van der Waals surface area contributed by atoms with E-state index < -0.39 is 0 Å². The standard InChI is InChI=1S/C25H25FS/c26-23-16-21(19-10-8-18(9-11-19)17-4-1-2-5-17)12-13-22(23)25-15-14-24(27-25)20-6-3-7-20/h8-17,20H,1-7H2. The number of hydrogen-bond donors (Lipinski definition) is 0. The average Bonchev–Trinajstić information content (AvgIpc) is 3.33. The molecule has 27 heavy (non-hydrogen) atoms. The van der Waals surface area contributed by atoms with E-state index in [0.717, 1.165) is 27.5 Å². The van der Waals surface area contributed by atoms with Crippen LogP contribution in [0.1, 0.15) is 67.2 Å². The van der Waals surface area contributed by atoms with Crippen molar-refractivity contribution < 1.29 is 4.39 Å². The SMILES string of the molecule is Fc1cc(-c2ccc(C3CCCC3)cc2)ccc1-c1ccc(C2CCC2)s1. The first kappa shape index (κ1) is 17.2. The molecule has 0 aliphatic heterocycles. The molecule has 0 bridgehead atoms. The summed E-state index contributed by atoms with van der Waals surface area (Å²) < 4.78 is 14.9. The van der Waals surface area contributed by atoms with Gasteiger partial charge in [0.25, 0.3) is 0 Å². The van der Waals surface area contributed by atoms with Crippen LogP contribution in [0.2, 0.25) is 0 Å². The first-order chi connectivity index (χ1) is 13.3. The van der Waals surface area contributed by atoms with E-state index in [0.29, 0.717) is 5.92 Å². The zero-order chi connectivity index (χ0) is 18.2. The number of rotatable bonds is 4. The predicted molar refractivity (Wildman–Crippen MR) is 113 cm³/mol. The lowest BCUT2D eigenvalue weighted by Gasteiger charge is -2.23. The first-order valence-electron chi connectivity index (χ1n) is 10.3. The van der Waals surface area contributed by atoms with Crippen molar-refractivity contribution in [2.24, 2.45) is 0 Å². The van der Waals surface area contributed by atoms with Crippen LogP contribution in [0, 0.1) is 5.82 Å². The molecule has 1 aromatic heterocycles. The van der Waals surface area contributed by atoms with Crippen LogP contribution in [0.5, 0.6) is 0 Å². The highest BCUT2D eigenvalue weighted by Gasteiger charge is 2.22. The summed E-state index contributed by atoms with van der Waals surface area (Å²) in [4.78, 5) is 2.47. The molecule has 138 valence electrons. The van der Waals surface area contributed by atoms with Crippen molar-refractivity contribution in [2.45, 2.75) is 56.8 Å². The molecule has 0 N–H and O–H groups in total. The third kappa shape index (κ3) is 3.36. The molecule has 3 aromatic rings. The van der Waals surface area contributed by atoms with Crippen molar-refractivity contribution in [3.63, 3.8) is 0 Å². The van der Waals surface area contributed by atoms with Gasteiger partial charge in [0, 0.05) is 15.3 Å². The quantitative estimate of drug-likeness (QED) is 0.431. The lowest BCUT2D eigenvalue weighted by Crippen LogP contribution is -2.06. The van der Waals surface area contributed by atoms with Crippen molar-refractivity contribution >= 4 is 11.3 Å². The summed E-state index contributed by atoms with van der Waals surface area (Å²) >= 11 is 1.76. The molecule has 0 spiro atoms. The third-order valence-corrected chi connectivity index (χ3v) is 7.72. The minimum absolute atomic E-state index is 0.116. The fourth-order valence-electron chi connectivity index (χ4n) is 4.51. The lowest BCUT2D eigenvalue weighted by molar-refractivity contribution is 0.426. The Labute approximate surface area is 165 Å². The summed E-state index contributed by atoms with van der Waals surface area (Å²) in [5, 5.41) is 0. The molecule has 0 nitrogen and oxygen atoms in total. The molecule has 2 aromatic carbocycles. The van der Waals surface area contributed by atoms with Gasteiger partial charge in [-0.25, -0.2) is 4.39 Å². The Morgan fingerprint density at radius 1 is 0.704 bits per heavy atom. The van der Waals surface area contributed by atoms with Crippen molar-refractivity contribution in [3.05, 3.63) is 70.9 Å². The Hall–Kier alpha value is -1.93. The maximum Gasteiger partial charge on any atom is 0.132 e. The molecular weight excluding hydrogens is 351 g/mol. The average molecular weight is 377 g/mol. The Kier molecular flexibility index (Phi) is 4.61. The Morgan fingerprint density at radius 3 is 2.07 bits per heavy atom. The second-order valence-electron chi connectivity index (χ2n) is 8.13. The molecule has 0 saturated heterocycles. The summed E-state index contributed by atoms with van der Waals surface area (Å²) in [6.07, 6.45) is 9.24. The predicted octanol–water partition coefficient (Wildman–Crippen LogP) is 8.15. The molecule has 0 amide bonds. The maximum atomic E-state index is 14.9. The van der Waals surface area contributed by atoms with Crippen LogP contribution < -0.4 is 0 Å². The van der Waals surface area contributed by atoms with Crippen LogP contribution in [-0.2, 0) is 0 Å². The Bertz CT molecular complexity index is 927. The molecule has 1 heterocycles. The van der Waals surface area contributed by atoms with Crippen LogP contribution in [0.4, 0.5) is 4.39 Å². The van der Waals surface area contributed by atoms with Gasteiger partial charge in [-0.3, -0.25) is 0 Å². The molecule has 2 aliphatic carbocycles. The molecule has 2 aliphatic rings. The third-order valence-electron chi connectivity index (χ3n) is 6.44. The highest BCUT2D eigenvalue weighted by Crippen LogP contribution is 2.42. The van der Waals surface area contributed by atoms with Gasteiger partial charge in [-0.15, -0.1) is 11.3 Å². The van der Waals surface area contributed by atoms with E-state index in [1.165, 1.54) is 55.4 Å². The van der Waals surface area contributed by atoms with E-state index in [1.54, 1.807) is 17.4 Å². The Balaban J connectivity index is 1.38. The molecule has 0 unspecified atom stereocenters. The largest absolute Gasteiger partial charge is 0.206 e. The van der Waals surface area contributed by atoms with Gasteiger partial charge in [0.15, 0.2) is 0 Å². The molecule has 0 atom stereocenters. The van der Waals surface area contributed by atoms with Crippen molar-refractivity contribution in [2.75, 3.05) is 0 Å². The zero-order valence-electron chi connectivity index (χ0n) is 15.6. The van der Waals surface area contributed by atoms with E-state index in [4.69, 9.17) is 0 Å². The van der Waals surface area contributed by atoms with E-state index in [2.05, 4.69) is 42.5 Å². The molecule has 5 rings (SSSR count). The van der Waals surface area contributed by atoms with Gasteiger partial charge in [-0.1, -0.05) is 49.6 Å². The lowest BCUT2D eigenvalue weighted by atomic mass is 9.84. The van der Waals surface area contributed by atoms with Gasteiger partial charge in [-0.05, 0) is 78.5 Å².